The summed E-state index contributed by atoms with van der Waals surface area (Å²) in [6, 6.07) is 4.33. The van der Waals surface area contributed by atoms with Crippen LogP contribution in [0.15, 0.2) is 24.3 Å². The van der Waals surface area contributed by atoms with Crippen molar-refractivity contribution >= 4 is 5.91 Å². The Morgan fingerprint density at radius 3 is 2.67 bits per heavy atom. The van der Waals surface area contributed by atoms with Crippen LogP contribution in [-0.4, -0.2) is 12.0 Å². The predicted octanol–water partition coefficient (Wildman–Crippen LogP) is 1.85. The number of carbonyl (C=O) groups excluding carboxylic acids is 1. The van der Waals surface area contributed by atoms with Crippen LogP contribution in [0.4, 0.5) is 13.2 Å². The number of nitrogens with two attached hydrogens (primary N) is 1. The molecule has 1 atom stereocenters. The molecular weight excluding hydrogens is 249 g/mol. The van der Waals surface area contributed by atoms with Gasteiger partial charge in [0.25, 0.3) is 5.91 Å². The van der Waals surface area contributed by atoms with Crippen molar-refractivity contribution in [3.8, 4) is 5.75 Å². The molecular formula is C11H13F3N2O2. The molecule has 1 amide bonds. The van der Waals surface area contributed by atoms with Crippen molar-refractivity contribution in [3.05, 3.63) is 29.8 Å². The summed E-state index contributed by atoms with van der Waals surface area (Å²) in [6.07, 6.45) is -5.07. The third kappa shape index (κ3) is 3.63. The lowest BCUT2D eigenvalue weighted by Gasteiger charge is -2.16. The normalized spacial score (nSPS) is 12.9. The van der Waals surface area contributed by atoms with Gasteiger partial charge in [-0.15, -0.1) is 0 Å². The van der Waals surface area contributed by atoms with Gasteiger partial charge in [-0.3, -0.25) is 10.2 Å². The van der Waals surface area contributed by atoms with E-state index in [0.29, 0.717) is 6.42 Å². The number of hydrogen-bond donors (Lipinski definition) is 2. The zero-order valence-corrected chi connectivity index (χ0v) is 9.62. The zero-order valence-electron chi connectivity index (χ0n) is 9.62. The van der Waals surface area contributed by atoms with Crippen LogP contribution in [0, 0.1) is 0 Å². The molecule has 100 valence electrons. The molecule has 1 rings (SSSR count). The first-order valence-electron chi connectivity index (χ1n) is 5.22. The summed E-state index contributed by atoms with van der Waals surface area (Å²) >= 11 is 0. The number of hydrazine groups is 1. The molecule has 0 fully saturated rings. The Kier molecular flexibility index (Phi) is 4.55. The third-order valence-electron chi connectivity index (χ3n) is 2.25. The minimum atomic E-state index is -4.45. The Morgan fingerprint density at radius 1 is 1.50 bits per heavy atom. The second-order valence-corrected chi connectivity index (χ2v) is 3.55. The Balaban J connectivity index is 2.88. The molecule has 4 nitrogen and oxygen atoms in total. The minimum Gasteiger partial charge on any atom is -0.481 e. The van der Waals surface area contributed by atoms with Crippen molar-refractivity contribution in [3.63, 3.8) is 0 Å². The van der Waals surface area contributed by atoms with Gasteiger partial charge in [0, 0.05) is 0 Å². The quantitative estimate of drug-likeness (QED) is 0.494. The first-order valence-corrected chi connectivity index (χ1v) is 5.22. The molecule has 0 spiro atoms. The molecule has 1 aromatic rings. The molecule has 0 aliphatic rings. The second-order valence-electron chi connectivity index (χ2n) is 3.55. The van der Waals surface area contributed by atoms with Crippen molar-refractivity contribution in [2.75, 3.05) is 0 Å². The molecule has 1 unspecified atom stereocenters. The third-order valence-corrected chi connectivity index (χ3v) is 2.25. The lowest BCUT2D eigenvalue weighted by molar-refractivity contribution is -0.137. The van der Waals surface area contributed by atoms with Crippen LogP contribution in [0.2, 0.25) is 0 Å². The van der Waals surface area contributed by atoms with Gasteiger partial charge in [-0.1, -0.05) is 13.0 Å². The number of halogens is 3. The fourth-order valence-corrected chi connectivity index (χ4v) is 1.33. The summed E-state index contributed by atoms with van der Waals surface area (Å²) in [4.78, 5) is 11.2. The highest BCUT2D eigenvalue weighted by Crippen LogP contribution is 2.31. The number of rotatable bonds is 4. The van der Waals surface area contributed by atoms with Crippen LogP contribution >= 0.6 is 0 Å². The maximum Gasteiger partial charge on any atom is 0.416 e. The topological polar surface area (TPSA) is 64.3 Å². The van der Waals surface area contributed by atoms with Gasteiger partial charge in [0.15, 0.2) is 6.10 Å². The van der Waals surface area contributed by atoms with Crippen LogP contribution < -0.4 is 16.0 Å². The molecule has 0 saturated heterocycles. The van der Waals surface area contributed by atoms with E-state index in [-0.39, 0.29) is 5.75 Å². The molecule has 1 aromatic carbocycles. The number of amides is 1. The minimum absolute atomic E-state index is 0.0275. The highest BCUT2D eigenvalue weighted by atomic mass is 19.4. The fourth-order valence-electron chi connectivity index (χ4n) is 1.33. The van der Waals surface area contributed by atoms with Gasteiger partial charge in [-0.2, -0.15) is 13.2 Å². The van der Waals surface area contributed by atoms with Gasteiger partial charge < -0.3 is 4.74 Å². The molecule has 18 heavy (non-hydrogen) atoms. The van der Waals surface area contributed by atoms with E-state index in [1.165, 1.54) is 12.1 Å². The van der Waals surface area contributed by atoms with E-state index in [1.54, 1.807) is 6.92 Å². The van der Waals surface area contributed by atoms with Gasteiger partial charge in [-0.05, 0) is 24.6 Å². The Labute approximate surface area is 102 Å². The number of benzene rings is 1. The van der Waals surface area contributed by atoms with Crippen molar-refractivity contribution in [1.29, 1.82) is 0 Å². The molecule has 0 aromatic heterocycles. The molecule has 0 aliphatic carbocycles. The van der Waals surface area contributed by atoms with Crippen LogP contribution in [-0.2, 0) is 11.0 Å². The maximum absolute atomic E-state index is 12.5. The first kappa shape index (κ1) is 14.3. The number of carbonyl (C=O) groups is 1. The standard InChI is InChI=1S/C11H13F3N2O2/c1-2-9(10(17)16-15)18-8-5-3-4-7(6-8)11(12,13)14/h3-6,9H,2,15H2,1H3,(H,16,17). The van der Waals surface area contributed by atoms with E-state index >= 15 is 0 Å². The lowest BCUT2D eigenvalue weighted by atomic mass is 10.2. The fraction of sp³-hybridized carbons (Fsp3) is 0.364. The Hall–Kier alpha value is -1.76. The monoisotopic (exact) mass is 262 g/mol. The van der Waals surface area contributed by atoms with Crippen molar-refractivity contribution < 1.29 is 22.7 Å². The maximum atomic E-state index is 12.5. The number of ether oxygens (including phenoxy) is 1. The average molecular weight is 262 g/mol. The van der Waals surface area contributed by atoms with Crippen molar-refractivity contribution in [2.45, 2.75) is 25.6 Å². The largest absolute Gasteiger partial charge is 0.481 e. The number of hydrogen-bond acceptors (Lipinski definition) is 3. The summed E-state index contributed by atoms with van der Waals surface area (Å²) in [5.41, 5.74) is 1.06. The summed E-state index contributed by atoms with van der Waals surface area (Å²) in [5.74, 6) is 4.33. The van der Waals surface area contributed by atoms with E-state index in [0.717, 1.165) is 12.1 Å². The summed E-state index contributed by atoms with van der Waals surface area (Å²) in [5, 5.41) is 0. The number of nitrogens with one attached hydrogen (secondary N) is 1. The van der Waals surface area contributed by atoms with Crippen LogP contribution in [0.5, 0.6) is 5.75 Å². The summed E-state index contributed by atoms with van der Waals surface area (Å²) in [6.45, 7) is 1.66. The summed E-state index contributed by atoms with van der Waals surface area (Å²) in [7, 11) is 0. The van der Waals surface area contributed by atoms with Crippen LogP contribution in [0.3, 0.4) is 0 Å². The molecule has 0 radical (unpaired) electrons. The average Bonchev–Trinajstić information content (AvgIpc) is 2.34. The molecule has 7 heteroatoms. The molecule has 0 bridgehead atoms. The highest BCUT2D eigenvalue weighted by molar-refractivity contribution is 5.80. The smallest absolute Gasteiger partial charge is 0.416 e. The summed E-state index contributed by atoms with van der Waals surface area (Å²) < 4.78 is 42.5. The van der Waals surface area contributed by atoms with Gasteiger partial charge >= 0.3 is 6.18 Å². The van der Waals surface area contributed by atoms with E-state index < -0.39 is 23.8 Å². The molecule has 0 heterocycles. The Bertz CT molecular complexity index is 421. The first-order chi connectivity index (χ1) is 8.38. The van der Waals surface area contributed by atoms with Gasteiger partial charge in [0.2, 0.25) is 0 Å². The molecule has 0 aliphatic heterocycles. The van der Waals surface area contributed by atoms with E-state index in [1.807, 2.05) is 5.43 Å². The zero-order chi connectivity index (χ0) is 13.8. The van der Waals surface area contributed by atoms with E-state index in [4.69, 9.17) is 10.6 Å². The lowest BCUT2D eigenvalue weighted by Crippen LogP contribution is -2.41. The highest BCUT2D eigenvalue weighted by Gasteiger charge is 2.31. The van der Waals surface area contributed by atoms with Gasteiger partial charge in [-0.25, -0.2) is 5.84 Å². The van der Waals surface area contributed by atoms with Crippen LogP contribution in [0.1, 0.15) is 18.9 Å². The van der Waals surface area contributed by atoms with Crippen molar-refractivity contribution in [1.82, 2.24) is 5.43 Å². The van der Waals surface area contributed by atoms with Gasteiger partial charge in [0.05, 0.1) is 5.56 Å². The van der Waals surface area contributed by atoms with Crippen LogP contribution in [0.25, 0.3) is 0 Å². The van der Waals surface area contributed by atoms with E-state index in [2.05, 4.69) is 0 Å². The SMILES string of the molecule is CCC(Oc1cccc(C(F)(F)F)c1)C(=O)NN. The second kappa shape index (κ2) is 5.72. The van der Waals surface area contributed by atoms with Crippen molar-refractivity contribution in [2.24, 2.45) is 5.84 Å². The molecule has 3 N–H and O–H groups in total. The predicted molar refractivity (Wildman–Crippen MR) is 58.5 cm³/mol. The van der Waals surface area contributed by atoms with Gasteiger partial charge in [0.1, 0.15) is 5.75 Å². The number of alkyl halides is 3. The molecule has 0 saturated carbocycles. The Morgan fingerprint density at radius 2 is 2.17 bits per heavy atom. The van der Waals surface area contributed by atoms with E-state index in [9.17, 15) is 18.0 Å².